The summed E-state index contributed by atoms with van der Waals surface area (Å²) in [4.78, 5) is 37.6. The summed E-state index contributed by atoms with van der Waals surface area (Å²) < 4.78 is 0. The first-order valence-corrected chi connectivity index (χ1v) is 9.30. The van der Waals surface area contributed by atoms with Crippen molar-refractivity contribution in [2.24, 2.45) is 0 Å². The molecule has 3 N–H and O–H groups in total. The molecule has 9 heteroatoms. The number of fused-ring (bicyclic) bond motifs is 3. The van der Waals surface area contributed by atoms with Crippen molar-refractivity contribution in [3.63, 3.8) is 0 Å². The number of nitrogens with zero attached hydrogens (tertiary/aromatic N) is 4. The fourth-order valence-corrected chi connectivity index (χ4v) is 3.80. The molecule has 5 rings (SSSR count). The number of aromatic nitrogens is 2. The second-order valence-electron chi connectivity index (χ2n) is 7.26. The quantitative estimate of drug-likeness (QED) is 0.714. The van der Waals surface area contributed by atoms with Crippen LogP contribution in [0, 0.1) is 0 Å². The van der Waals surface area contributed by atoms with E-state index in [-0.39, 0.29) is 23.9 Å². The largest absolute Gasteiger partial charge is 0.366 e. The first-order chi connectivity index (χ1) is 13.2. The fourth-order valence-electron chi connectivity index (χ4n) is 3.80. The maximum atomic E-state index is 13.0. The molecule has 4 heterocycles. The van der Waals surface area contributed by atoms with Gasteiger partial charge in [0.2, 0.25) is 11.9 Å². The van der Waals surface area contributed by atoms with Gasteiger partial charge in [-0.1, -0.05) is 6.08 Å². The van der Waals surface area contributed by atoms with Gasteiger partial charge in [0.05, 0.1) is 11.7 Å². The smallest absolute Gasteiger partial charge is 0.330 e. The van der Waals surface area contributed by atoms with Crippen LogP contribution in [0.25, 0.3) is 0 Å². The minimum Gasteiger partial charge on any atom is -0.366 e. The molecule has 3 amide bonds. The Morgan fingerprint density at radius 1 is 1.19 bits per heavy atom. The Morgan fingerprint density at radius 3 is 2.78 bits per heavy atom. The lowest BCUT2D eigenvalue weighted by Gasteiger charge is -2.40. The van der Waals surface area contributed by atoms with Crippen LogP contribution in [0.3, 0.4) is 0 Å². The maximum absolute atomic E-state index is 13.0. The Morgan fingerprint density at radius 2 is 2.00 bits per heavy atom. The Labute approximate surface area is 156 Å². The summed E-state index contributed by atoms with van der Waals surface area (Å²) in [5.74, 6) is 0.884. The molecule has 0 aromatic carbocycles. The molecular weight excluding hydrogens is 346 g/mol. The number of nitrogens with one attached hydrogen (secondary N) is 3. The van der Waals surface area contributed by atoms with Gasteiger partial charge in [0.15, 0.2) is 0 Å². The zero-order chi connectivity index (χ0) is 18.4. The standard InChI is InChI=1S/C18H21N7O2/c26-16(21-11-2-3-11)13-4-5-14-15(22-13)25(12-6-9-24(14)10-12)18(27)23-17-19-7-1-8-20-17/h1,4-5,7-8,11-13,22H,2-3,6,9-10H2,(H,21,26)(H,19,20,23,27)/t12-,13?/m0/s1. The molecule has 1 aromatic rings. The van der Waals surface area contributed by atoms with Crippen molar-refractivity contribution in [2.45, 2.75) is 37.4 Å². The van der Waals surface area contributed by atoms with Crippen molar-refractivity contribution in [3.05, 3.63) is 42.1 Å². The van der Waals surface area contributed by atoms with Gasteiger partial charge in [-0.2, -0.15) is 0 Å². The summed E-state index contributed by atoms with van der Waals surface area (Å²) in [6.45, 7) is 1.67. The normalized spacial score (nSPS) is 25.8. The first kappa shape index (κ1) is 16.1. The average molecular weight is 367 g/mol. The summed E-state index contributed by atoms with van der Waals surface area (Å²) >= 11 is 0. The summed E-state index contributed by atoms with van der Waals surface area (Å²) in [5, 5.41) is 9.04. The first-order valence-electron chi connectivity index (χ1n) is 9.30. The third kappa shape index (κ3) is 2.98. The predicted molar refractivity (Wildman–Crippen MR) is 97.1 cm³/mol. The number of carbonyl (C=O) groups is 2. The molecule has 0 spiro atoms. The fraction of sp³-hybridized carbons (Fsp3) is 0.444. The van der Waals surface area contributed by atoms with Crippen molar-refractivity contribution in [1.82, 2.24) is 30.4 Å². The van der Waals surface area contributed by atoms with E-state index in [0.717, 1.165) is 38.0 Å². The monoisotopic (exact) mass is 367 g/mol. The van der Waals surface area contributed by atoms with E-state index in [9.17, 15) is 9.59 Å². The minimum atomic E-state index is -0.480. The maximum Gasteiger partial charge on any atom is 0.330 e. The van der Waals surface area contributed by atoms with Crippen LogP contribution in [-0.2, 0) is 4.79 Å². The van der Waals surface area contributed by atoms with Crippen LogP contribution in [-0.4, -0.2) is 62.9 Å². The highest BCUT2D eigenvalue weighted by Gasteiger charge is 2.43. The van der Waals surface area contributed by atoms with Gasteiger partial charge in [0.1, 0.15) is 11.9 Å². The summed E-state index contributed by atoms with van der Waals surface area (Å²) in [5.41, 5.74) is 0.948. The molecule has 1 aromatic heterocycles. The molecule has 1 aliphatic carbocycles. The Bertz CT molecular complexity index is 833. The van der Waals surface area contributed by atoms with E-state index in [2.05, 4.69) is 30.8 Å². The van der Waals surface area contributed by atoms with Gasteiger partial charge in [-0.3, -0.25) is 15.0 Å². The lowest BCUT2D eigenvalue weighted by atomic mass is 10.1. The molecule has 1 saturated heterocycles. The predicted octanol–water partition coefficient (Wildman–Crippen LogP) is 0.374. The van der Waals surface area contributed by atoms with Gasteiger partial charge in [-0.05, 0) is 31.4 Å². The zero-order valence-corrected chi connectivity index (χ0v) is 14.8. The van der Waals surface area contributed by atoms with Crippen molar-refractivity contribution >= 4 is 17.9 Å². The number of urea groups is 1. The van der Waals surface area contributed by atoms with Crippen LogP contribution in [0.4, 0.5) is 10.7 Å². The molecule has 9 nitrogen and oxygen atoms in total. The van der Waals surface area contributed by atoms with Gasteiger partial charge in [-0.25, -0.2) is 14.8 Å². The van der Waals surface area contributed by atoms with Crippen LogP contribution in [0.15, 0.2) is 42.1 Å². The molecule has 2 atom stereocenters. The number of carbonyl (C=O) groups excluding carboxylic acids is 2. The number of allylic oxidation sites excluding steroid dienone is 1. The SMILES string of the molecule is O=C(NC1CC1)C1C=CC2=C(N1)N(C(=O)Nc1ncccn1)[C@H]1CCN2C1. The van der Waals surface area contributed by atoms with Gasteiger partial charge in [0.25, 0.3) is 0 Å². The highest BCUT2D eigenvalue weighted by molar-refractivity contribution is 5.90. The van der Waals surface area contributed by atoms with Crippen molar-refractivity contribution < 1.29 is 9.59 Å². The Kier molecular flexibility index (Phi) is 3.73. The van der Waals surface area contributed by atoms with E-state index in [1.54, 1.807) is 23.4 Å². The van der Waals surface area contributed by atoms with Crippen LogP contribution in [0.5, 0.6) is 0 Å². The number of hydrogen-bond donors (Lipinski definition) is 3. The molecule has 0 radical (unpaired) electrons. The second kappa shape index (κ2) is 6.26. The summed E-state index contributed by atoms with van der Waals surface area (Å²) in [7, 11) is 0. The Balaban J connectivity index is 1.39. The van der Waals surface area contributed by atoms with E-state index < -0.39 is 6.04 Å². The number of dihydropyridines is 1. The van der Waals surface area contributed by atoms with E-state index in [1.165, 1.54) is 0 Å². The number of hydrogen-bond acceptors (Lipinski definition) is 6. The molecule has 1 unspecified atom stereocenters. The molecule has 2 bridgehead atoms. The lowest BCUT2D eigenvalue weighted by Crippen LogP contribution is -2.56. The van der Waals surface area contributed by atoms with Crippen LogP contribution >= 0.6 is 0 Å². The molecule has 140 valence electrons. The molecule has 3 aliphatic heterocycles. The average Bonchev–Trinajstić information content (AvgIpc) is 3.40. The number of anilines is 1. The number of rotatable bonds is 3. The third-order valence-electron chi connectivity index (χ3n) is 5.30. The van der Waals surface area contributed by atoms with Crippen molar-refractivity contribution in [1.29, 1.82) is 0 Å². The van der Waals surface area contributed by atoms with Gasteiger partial charge in [-0.15, -0.1) is 0 Å². The Hall–Kier alpha value is -3.10. The molecule has 27 heavy (non-hydrogen) atoms. The summed E-state index contributed by atoms with van der Waals surface area (Å²) in [6.07, 6.45) is 9.94. The summed E-state index contributed by atoms with van der Waals surface area (Å²) in [6, 6.07) is 1.28. The van der Waals surface area contributed by atoms with Crippen LogP contribution in [0.1, 0.15) is 19.3 Å². The highest BCUT2D eigenvalue weighted by atomic mass is 16.2. The van der Waals surface area contributed by atoms with Crippen LogP contribution in [0.2, 0.25) is 0 Å². The van der Waals surface area contributed by atoms with E-state index in [0.29, 0.717) is 11.9 Å². The molecule has 2 fully saturated rings. The minimum absolute atomic E-state index is 0.0543. The molecule has 4 aliphatic rings. The molecule has 1 saturated carbocycles. The topological polar surface area (TPSA) is 102 Å². The van der Waals surface area contributed by atoms with Gasteiger partial charge < -0.3 is 15.5 Å². The lowest BCUT2D eigenvalue weighted by molar-refractivity contribution is -0.122. The van der Waals surface area contributed by atoms with Crippen LogP contribution < -0.4 is 16.0 Å². The van der Waals surface area contributed by atoms with Gasteiger partial charge >= 0.3 is 6.03 Å². The van der Waals surface area contributed by atoms with Gasteiger partial charge in [0, 0.05) is 31.5 Å². The van der Waals surface area contributed by atoms with E-state index in [4.69, 9.17) is 0 Å². The zero-order valence-electron chi connectivity index (χ0n) is 14.8. The van der Waals surface area contributed by atoms with Crippen molar-refractivity contribution in [3.8, 4) is 0 Å². The molecular formula is C18H21N7O2. The van der Waals surface area contributed by atoms with E-state index in [1.807, 2.05) is 12.2 Å². The second-order valence-corrected chi connectivity index (χ2v) is 7.26. The highest BCUT2D eigenvalue weighted by Crippen LogP contribution is 2.33. The third-order valence-corrected chi connectivity index (χ3v) is 5.30. The number of amides is 3. The van der Waals surface area contributed by atoms with E-state index >= 15 is 0 Å². The van der Waals surface area contributed by atoms with Crippen molar-refractivity contribution in [2.75, 3.05) is 18.4 Å².